The fourth-order valence-electron chi connectivity index (χ4n) is 1.67. The predicted molar refractivity (Wildman–Crippen MR) is 81.2 cm³/mol. The smallest absolute Gasteiger partial charge is 0.331 e. The lowest BCUT2D eigenvalue weighted by Crippen LogP contribution is -2.22. The first-order valence-corrected chi connectivity index (χ1v) is 6.80. The fraction of sp³-hybridized carbons (Fsp3) is 0.267. The van der Waals surface area contributed by atoms with Gasteiger partial charge < -0.3 is 4.74 Å². The average Bonchev–Trinajstić information content (AvgIpc) is 2.88. The molecule has 0 bridgehead atoms. The summed E-state index contributed by atoms with van der Waals surface area (Å²) < 4.78 is 5.22. The van der Waals surface area contributed by atoms with Crippen LogP contribution in [0.4, 0.5) is 0 Å². The molecule has 0 atom stereocenters. The zero-order chi connectivity index (χ0) is 15.5. The van der Waals surface area contributed by atoms with Gasteiger partial charge in [-0.1, -0.05) is 11.6 Å². The van der Waals surface area contributed by atoms with Gasteiger partial charge in [0.2, 0.25) is 0 Å². The number of esters is 1. The first-order valence-electron chi connectivity index (χ1n) is 6.42. The normalized spacial score (nSPS) is 11.8. The van der Waals surface area contributed by atoms with Crippen LogP contribution in [0.1, 0.15) is 26.3 Å². The molecule has 110 valence electrons. The van der Waals surface area contributed by atoms with Crippen LogP contribution in [-0.4, -0.2) is 26.6 Å². The fourth-order valence-corrected chi connectivity index (χ4v) is 1.86. The van der Waals surface area contributed by atoms with Gasteiger partial charge in [-0.2, -0.15) is 15.0 Å². The maximum atomic E-state index is 11.7. The van der Waals surface area contributed by atoms with E-state index in [9.17, 15) is 4.79 Å². The Kier molecular flexibility index (Phi) is 4.43. The molecule has 0 aliphatic carbocycles. The minimum absolute atomic E-state index is 0.415. The van der Waals surface area contributed by atoms with Gasteiger partial charge in [0.15, 0.2) is 0 Å². The standard InChI is InChI=1S/C15H16ClN3O2/c1-15(2,3)21-14(20)7-4-11-10-12(16)5-6-13(11)19-17-8-9-18-19/h4-10H,1-3H3/b7-4+. The number of hydrogen-bond donors (Lipinski definition) is 0. The van der Waals surface area contributed by atoms with E-state index in [1.54, 1.807) is 36.7 Å². The van der Waals surface area contributed by atoms with Gasteiger partial charge in [0.1, 0.15) is 5.60 Å². The quantitative estimate of drug-likeness (QED) is 0.645. The highest BCUT2D eigenvalue weighted by Crippen LogP contribution is 2.20. The highest BCUT2D eigenvalue weighted by Gasteiger charge is 2.14. The Bertz CT molecular complexity index is 658. The zero-order valence-corrected chi connectivity index (χ0v) is 12.8. The Morgan fingerprint density at radius 3 is 2.57 bits per heavy atom. The van der Waals surface area contributed by atoms with E-state index in [2.05, 4.69) is 10.2 Å². The van der Waals surface area contributed by atoms with Gasteiger partial charge >= 0.3 is 5.97 Å². The molecule has 0 radical (unpaired) electrons. The van der Waals surface area contributed by atoms with Crippen molar-refractivity contribution < 1.29 is 9.53 Å². The number of ether oxygens (including phenoxy) is 1. The van der Waals surface area contributed by atoms with Gasteiger partial charge in [-0.3, -0.25) is 0 Å². The summed E-state index contributed by atoms with van der Waals surface area (Å²) in [5.41, 5.74) is 0.927. The predicted octanol–water partition coefficient (Wildman–Crippen LogP) is 3.28. The van der Waals surface area contributed by atoms with Crippen molar-refractivity contribution in [2.75, 3.05) is 0 Å². The molecule has 0 N–H and O–H groups in total. The van der Waals surface area contributed by atoms with Gasteiger partial charge in [0, 0.05) is 16.7 Å². The zero-order valence-electron chi connectivity index (χ0n) is 12.1. The third-order valence-corrected chi connectivity index (χ3v) is 2.66. The molecule has 21 heavy (non-hydrogen) atoms. The van der Waals surface area contributed by atoms with Crippen LogP contribution in [-0.2, 0) is 9.53 Å². The number of nitrogens with zero attached hydrogens (tertiary/aromatic N) is 3. The monoisotopic (exact) mass is 305 g/mol. The van der Waals surface area contributed by atoms with Gasteiger partial charge in [0.05, 0.1) is 18.1 Å². The minimum atomic E-state index is -0.526. The van der Waals surface area contributed by atoms with Gasteiger partial charge in [0.25, 0.3) is 0 Å². The summed E-state index contributed by atoms with van der Waals surface area (Å²) in [6.07, 6.45) is 6.16. The summed E-state index contributed by atoms with van der Waals surface area (Å²) in [5.74, 6) is -0.415. The lowest BCUT2D eigenvalue weighted by molar-refractivity contribution is -0.148. The maximum Gasteiger partial charge on any atom is 0.331 e. The van der Waals surface area contributed by atoms with Crippen molar-refractivity contribution >= 4 is 23.6 Å². The molecule has 0 saturated carbocycles. The first-order chi connectivity index (χ1) is 9.85. The van der Waals surface area contributed by atoms with E-state index in [4.69, 9.17) is 16.3 Å². The Morgan fingerprint density at radius 2 is 1.95 bits per heavy atom. The van der Waals surface area contributed by atoms with Crippen LogP contribution in [0.3, 0.4) is 0 Å². The second kappa shape index (κ2) is 6.10. The average molecular weight is 306 g/mol. The van der Waals surface area contributed by atoms with E-state index in [0.717, 1.165) is 11.3 Å². The van der Waals surface area contributed by atoms with Crippen LogP contribution < -0.4 is 0 Å². The second-order valence-corrected chi connectivity index (χ2v) is 5.82. The van der Waals surface area contributed by atoms with Crippen molar-refractivity contribution in [3.05, 3.63) is 47.3 Å². The number of hydrogen-bond acceptors (Lipinski definition) is 4. The molecule has 1 aromatic heterocycles. The largest absolute Gasteiger partial charge is 0.457 e. The number of rotatable bonds is 3. The van der Waals surface area contributed by atoms with E-state index in [-0.39, 0.29) is 0 Å². The SMILES string of the molecule is CC(C)(C)OC(=O)/C=C/c1cc(Cl)ccc1-n1nccn1. The van der Waals surface area contributed by atoms with Crippen LogP contribution in [0.15, 0.2) is 36.7 Å². The lowest BCUT2D eigenvalue weighted by Gasteiger charge is -2.18. The summed E-state index contributed by atoms with van der Waals surface area (Å²) >= 11 is 6.00. The molecule has 2 aromatic rings. The van der Waals surface area contributed by atoms with E-state index < -0.39 is 11.6 Å². The third kappa shape index (κ3) is 4.43. The molecule has 0 aliphatic rings. The van der Waals surface area contributed by atoms with Crippen LogP contribution in [0.25, 0.3) is 11.8 Å². The van der Waals surface area contributed by atoms with Crippen molar-refractivity contribution in [2.24, 2.45) is 0 Å². The Labute approximate surface area is 128 Å². The number of carbonyl (C=O) groups excluding carboxylic acids is 1. The molecular formula is C15H16ClN3O2. The van der Waals surface area contributed by atoms with Gasteiger partial charge in [-0.25, -0.2) is 4.79 Å². The summed E-state index contributed by atoms with van der Waals surface area (Å²) in [7, 11) is 0. The van der Waals surface area contributed by atoms with E-state index in [0.29, 0.717) is 5.02 Å². The van der Waals surface area contributed by atoms with Crippen molar-refractivity contribution in [1.29, 1.82) is 0 Å². The van der Waals surface area contributed by atoms with Crippen molar-refractivity contribution in [2.45, 2.75) is 26.4 Å². The van der Waals surface area contributed by atoms with Gasteiger partial charge in [-0.05, 0) is 45.0 Å². The molecular weight excluding hydrogens is 290 g/mol. The first kappa shape index (κ1) is 15.3. The summed E-state index contributed by atoms with van der Waals surface area (Å²) in [6, 6.07) is 5.27. The number of aromatic nitrogens is 3. The summed E-state index contributed by atoms with van der Waals surface area (Å²) in [4.78, 5) is 13.2. The molecule has 0 fully saturated rings. The van der Waals surface area contributed by atoms with E-state index >= 15 is 0 Å². The Hall–Kier alpha value is -2.14. The van der Waals surface area contributed by atoms with Crippen LogP contribution >= 0.6 is 11.6 Å². The molecule has 0 spiro atoms. The molecule has 6 heteroatoms. The highest BCUT2D eigenvalue weighted by atomic mass is 35.5. The Balaban J connectivity index is 2.27. The molecule has 1 heterocycles. The van der Waals surface area contributed by atoms with E-state index in [1.807, 2.05) is 20.8 Å². The molecule has 0 aliphatic heterocycles. The Morgan fingerprint density at radius 1 is 1.29 bits per heavy atom. The summed E-state index contributed by atoms with van der Waals surface area (Å²) in [5, 5.41) is 8.72. The minimum Gasteiger partial charge on any atom is -0.457 e. The van der Waals surface area contributed by atoms with Crippen LogP contribution in [0.2, 0.25) is 5.02 Å². The molecule has 0 saturated heterocycles. The molecule has 2 rings (SSSR count). The summed E-state index contributed by atoms with van der Waals surface area (Å²) in [6.45, 7) is 5.45. The number of benzene rings is 1. The molecule has 5 nitrogen and oxygen atoms in total. The second-order valence-electron chi connectivity index (χ2n) is 5.39. The van der Waals surface area contributed by atoms with Crippen molar-refractivity contribution in [1.82, 2.24) is 15.0 Å². The maximum absolute atomic E-state index is 11.7. The van der Waals surface area contributed by atoms with E-state index in [1.165, 1.54) is 10.9 Å². The third-order valence-electron chi connectivity index (χ3n) is 2.43. The highest BCUT2D eigenvalue weighted by molar-refractivity contribution is 6.30. The molecule has 0 unspecified atom stereocenters. The number of halogens is 1. The van der Waals surface area contributed by atoms with Crippen LogP contribution in [0.5, 0.6) is 0 Å². The van der Waals surface area contributed by atoms with Gasteiger partial charge in [-0.15, -0.1) is 0 Å². The number of carbonyl (C=O) groups is 1. The molecule has 1 aromatic carbocycles. The topological polar surface area (TPSA) is 57.0 Å². The molecule has 0 amide bonds. The van der Waals surface area contributed by atoms with Crippen LogP contribution in [0, 0.1) is 0 Å². The van der Waals surface area contributed by atoms with Crippen molar-refractivity contribution in [3.63, 3.8) is 0 Å². The lowest BCUT2D eigenvalue weighted by atomic mass is 10.1. The van der Waals surface area contributed by atoms with Crippen molar-refractivity contribution in [3.8, 4) is 5.69 Å².